The van der Waals surface area contributed by atoms with Gasteiger partial charge in [-0.1, -0.05) is 12.1 Å². The van der Waals surface area contributed by atoms with Crippen molar-refractivity contribution in [1.82, 2.24) is 9.88 Å². The van der Waals surface area contributed by atoms with E-state index in [1.165, 1.54) is 6.07 Å². The lowest BCUT2D eigenvalue weighted by molar-refractivity contribution is -0.0417. The number of nitrogens with zero attached hydrogens (tertiary/aromatic N) is 2. The third-order valence-corrected chi connectivity index (χ3v) is 5.63. The van der Waals surface area contributed by atoms with Gasteiger partial charge in [-0.3, -0.25) is 4.90 Å². The van der Waals surface area contributed by atoms with Crippen LogP contribution in [0.15, 0.2) is 28.7 Å². The molecule has 3 heterocycles. The van der Waals surface area contributed by atoms with Crippen LogP contribution in [0.3, 0.4) is 0 Å². The average Bonchev–Trinajstić information content (AvgIpc) is 3.16. The van der Waals surface area contributed by atoms with Crippen LogP contribution in [-0.2, 0) is 11.3 Å². The number of aliphatic hydroxyl groups excluding tert-OH is 1. The Hall–Kier alpha value is -1.76. The SMILES string of the molecule is Cc1oc(-c2ccccc2F)nc1CN1C[C@@H]2COCC[C@]2(CO)C1. The molecule has 0 bridgehead atoms. The fraction of sp³-hybridized carbons (Fsp3) is 0.526. The van der Waals surface area contributed by atoms with Gasteiger partial charge < -0.3 is 14.3 Å². The molecule has 0 spiro atoms. The highest BCUT2D eigenvalue weighted by atomic mass is 19.1. The summed E-state index contributed by atoms with van der Waals surface area (Å²) >= 11 is 0. The highest BCUT2D eigenvalue weighted by Gasteiger charge is 2.47. The first-order valence-corrected chi connectivity index (χ1v) is 8.73. The van der Waals surface area contributed by atoms with Crippen molar-refractivity contribution >= 4 is 0 Å². The summed E-state index contributed by atoms with van der Waals surface area (Å²) in [5.74, 6) is 1.05. The number of benzene rings is 1. The zero-order chi connectivity index (χ0) is 17.4. The number of oxazole rings is 1. The molecule has 2 atom stereocenters. The van der Waals surface area contributed by atoms with Gasteiger partial charge in [0, 0.05) is 37.6 Å². The summed E-state index contributed by atoms with van der Waals surface area (Å²) in [6.45, 7) is 5.82. The Balaban J connectivity index is 1.53. The highest BCUT2D eigenvalue weighted by molar-refractivity contribution is 5.54. The summed E-state index contributed by atoms with van der Waals surface area (Å²) in [4.78, 5) is 6.83. The Morgan fingerprint density at radius 2 is 2.24 bits per heavy atom. The van der Waals surface area contributed by atoms with E-state index in [0.29, 0.717) is 42.9 Å². The molecule has 2 aliphatic heterocycles. The fourth-order valence-corrected chi connectivity index (χ4v) is 4.07. The Labute approximate surface area is 146 Å². The van der Waals surface area contributed by atoms with E-state index < -0.39 is 0 Å². The van der Waals surface area contributed by atoms with E-state index in [4.69, 9.17) is 9.15 Å². The van der Waals surface area contributed by atoms with Crippen LogP contribution >= 0.6 is 0 Å². The standard InChI is InChI=1S/C19H23FN2O3/c1-13-17(21-18(25-13)15-4-2-3-5-16(15)20)9-22-8-14-10-24-7-6-19(14,11-22)12-23/h2-5,14,23H,6-12H2,1H3/t14-,19-/m1/s1. The second kappa shape index (κ2) is 6.52. The van der Waals surface area contributed by atoms with Crippen LogP contribution in [0.25, 0.3) is 11.5 Å². The minimum atomic E-state index is -0.334. The zero-order valence-electron chi connectivity index (χ0n) is 14.4. The molecule has 4 rings (SSSR count). The molecule has 1 N–H and O–H groups in total. The topological polar surface area (TPSA) is 58.7 Å². The van der Waals surface area contributed by atoms with Gasteiger partial charge in [0.05, 0.1) is 24.5 Å². The molecular weight excluding hydrogens is 323 g/mol. The van der Waals surface area contributed by atoms with E-state index in [0.717, 1.165) is 25.2 Å². The van der Waals surface area contributed by atoms with Gasteiger partial charge in [0.2, 0.25) is 5.89 Å². The number of rotatable bonds is 4. The Morgan fingerprint density at radius 1 is 1.40 bits per heavy atom. The summed E-state index contributed by atoms with van der Waals surface area (Å²) in [7, 11) is 0. The zero-order valence-corrected chi connectivity index (χ0v) is 14.4. The molecule has 134 valence electrons. The summed E-state index contributed by atoms with van der Waals surface area (Å²) in [6.07, 6.45) is 0.892. The Morgan fingerprint density at radius 3 is 3.00 bits per heavy atom. The minimum Gasteiger partial charge on any atom is -0.441 e. The molecule has 2 aliphatic rings. The lowest BCUT2D eigenvalue weighted by Crippen LogP contribution is -2.41. The number of hydrogen-bond donors (Lipinski definition) is 1. The number of aliphatic hydroxyl groups is 1. The van der Waals surface area contributed by atoms with Gasteiger partial charge in [0.15, 0.2) is 0 Å². The van der Waals surface area contributed by atoms with Gasteiger partial charge in [-0.15, -0.1) is 0 Å². The monoisotopic (exact) mass is 346 g/mol. The average molecular weight is 346 g/mol. The molecule has 0 radical (unpaired) electrons. The summed E-state index contributed by atoms with van der Waals surface area (Å²) in [6, 6.07) is 6.50. The van der Waals surface area contributed by atoms with Crippen LogP contribution in [0.2, 0.25) is 0 Å². The molecule has 1 aromatic heterocycles. The van der Waals surface area contributed by atoms with Crippen molar-refractivity contribution in [2.75, 3.05) is 32.9 Å². The molecule has 0 aliphatic carbocycles. The first-order chi connectivity index (χ1) is 12.1. The largest absolute Gasteiger partial charge is 0.441 e. The Bertz CT molecular complexity index is 763. The van der Waals surface area contributed by atoms with Crippen molar-refractivity contribution in [2.24, 2.45) is 11.3 Å². The lowest BCUT2D eigenvalue weighted by atomic mass is 9.75. The molecule has 1 aromatic carbocycles. The predicted octanol–water partition coefficient (Wildman–Crippen LogP) is 2.62. The van der Waals surface area contributed by atoms with Crippen LogP contribution in [0, 0.1) is 24.1 Å². The normalized spacial score (nSPS) is 26.8. The van der Waals surface area contributed by atoms with E-state index in [1.54, 1.807) is 18.2 Å². The molecule has 2 aromatic rings. The number of aryl methyl sites for hydroxylation is 1. The van der Waals surface area contributed by atoms with Crippen LogP contribution in [0.4, 0.5) is 4.39 Å². The van der Waals surface area contributed by atoms with Gasteiger partial charge in [0.1, 0.15) is 11.6 Å². The molecular formula is C19H23FN2O3. The van der Waals surface area contributed by atoms with E-state index >= 15 is 0 Å². The fourth-order valence-electron chi connectivity index (χ4n) is 4.07. The van der Waals surface area contributed by atoms with E-state index in [-0.39, 0.29) is 17.8 Å². The number of hydrogen-bond acceptors (Lipinski definition) is 5. The molecule has 0 saturated carbocycles. The number of ether oxygens (including phenoxy) is 1. The number of aromatic nitrogens is 1. The molecule has 0 unspecified atom stereocenters. The smallest absolute Gasteiger partial charge is 0.229 e. The number of likely N-dealkylation sites (tertiary alicyclic amines) is 1. The van der Waals surface area contributed by atoms with Crippen molar-refractivity contribution in [3.63, 3.8) is 0 Å². The van der Waals surface area contributed by atoms with Crippen molar-refractivity contribution < 1.29 is 18.7 Å². The van der Waals surface area contributed by atoms with Crippen molar-refractivity contribution in [2.45, 2.75) is 19.9 Å². The maximum absolute atomic E-state index is 14.0. The second-order valence-electron chi connectivity index (χ2n) is 7.21. The summed E-state index contributed by atoms with van der Waals surface area (Å²) in [5, 5.41) is 9.92. The van der Waals surface area contributed by atoms with Gasteiger partial charge in [0.25, 0.3) is 0 Å². The van der Waals surface area contributed by atoms with Gasteiger partial charge in [-0.2, -0.15) is 0 Å². The molecule has 5 nitrogen and oxygen atoms in total. The molecule has 6 heteroatoms. The predicted molar refractivity (Wildman–Crippen MR) is 90.4 cm³/mol. The molecule has 2 fully saturated rings. The van der Waals surface area contributed by atoms with E-state index in [2.05, 4.69) is 9.88 Å². The van der Waals surface area contributed by atoms with Crippen molar-refractivity contribution in [3.05, 3.63) is 41.5 Å². The first-order valence-electron chi connectivity index (χ1n) is 8.73. The van der Waals surface area contributed by atoms with Gasteiger partial charge in [-0.05, 0) is 25.5 Å². The second-order valence-corrected chi connectivity index (χ2v) is 7.21. The molecule has 2 saturated heterocycles. The summed E-state index contributed by atoms with van der Waals surface area (Å²) < 4.78 is 25.3. The molecule has 25 heavy (non-hydrogen) atoms. The quantitative estimate of drug-likeness (QED) is 0.922. The maximum atomic E-state index is 14.0. The highest BCUT2D eigenvalue weighted by Crippen LogP contribution is 2.42. The maximum Gasteiger partial charge on any atom is 0.229 e. The van der Waals surface area contributed by atoms with E-state index in [9.17, 15) is 9.50 Å². The van der Waals surface area contributed by atoms with Crippen LogP contribution < -0.4 is 0 Å². The lowest BCUT2D eigenvalue weighted by Gasteiger charge is -2.36. The van der Waals surface area contributed by atoms with Gasteiger partial charge >= 0.3 is 0 Å². The van der Waals surface area contributed by atoms with Crippen molar-refractivity contribution in [3.8, 4) is 11.5 Å². The third kappa shape index (κ3) is 2.99. The first kappa shape index (κ1) is 16.7. The van der Waals surface area contributed by atoms with Crippen LogP contribution in [0.5, 0.6) is 0 Å². The summed E-state index contributed by atoms with van der Waals surface area (Å²) in [5.41, 5.74) is 1.14. The number of fused-ring (bicyclic) bond motifs is 1. The van der Waals surface area contributed by atoms with Crippen molar-refractivity contribution in [1.29, 1.82) is 0 Å². The molecule has 0 amide bonds. The van der Waals surface area contributed by atoms with Crippen LogP contribution in [0.1, 0.15) is 17.9 Å². The van der Waals surface area contributed by atoms with Gasteiger partial charge in [-0.25, -0.2) is 9.37 Å². The third-order valence-electron chi connectivity index (χ3n) is 5.63. The number of halogens is 1. The Kier molecular flexibility index (Phi) is 4.35. The van der Waals surface area contributed by atoms with Crippen LogP contribution in [-0.4, -0.2) is 47.9 Å². The van der Waals surface area contributed by atoms with E-state index in [1.807, 2.05) is 6.92 Å². The minimum absolute atomic E-state index is 0.0652.